The molecular formula is C21H27NO3. The Balaban J connectivity index is 2.00. The van der Waals surface area contributed by atoms with Gasteiger partial charge >= 0.3 is 0 Å². The van der Waals surface area contributed by atoms with E-state index in [0.717, 1.165) is 12.2 Å². The number of anilines is 1. The first-order valence-electron chi connectivity index (χ1n) is 8.75. The van der Waals surface area contributed by atoms with E-state index in [4.69, 9.17) is 9.47 Å². The van der Waals surface area contributed by atoms with E-state index in [1.165, 1.54) is 0 Å². The number of carbonyl (C=O) groups excluding carboxylic acids is 1. The fourth-order valence-electron chi connectivity index (χ4n) is 2.26. The van der Waals surface area contributed by atoms with Crippen LogP contribution < -0.4 is 14.8 Å². The number of amides is 1. The molecule has 0 aliphatic carbocycles. The van der Waals surface area contributed by atoms with E-state index in [2.05, 4.69) is 19.2 Å². The number of hydrogen-bond donors (Lipinski definition) is 1. The number of hydrogen-bond acceptors (Lipinski definition) is 3. The summed E-state index contributed by atoms with van der Waals surface area (Å²) in [5, 5.41) is 2.90. The van der Waals surface area contributed by atoms with Crippen molar-refractivity contribution in [2.45, 2.75) is 40.2 Å². The third kappa shape index (κ3) is 6.49. The number of ether oxygens (including phenoxy) is 2. The molecule has 0 unspecified atom stereocenters. The first kappa shape index (κ1) is 18.8. The van der Waals surface area contributed by atoms with Gasteiger partial charge in [0.2, 0.25) is 0 Å². The lowest BCUT2D eigenvalue weighted by Gasteiger charge is -2.12. The molecule has 0 saturated carbocycles. The number of carbonyl (C=O) groups is 1. The molecule has 134 valence electrons. The maximum absolute atomic E-state index is 12.5. The Labute approximate surface area is 150 Å². The van der Waals surface area contributed by atoms with E-state index in [9.17, 15) is 4.79 Å². The van der Waals surface area contributed by atoms with Gasteiger partial charge in [-0.3, -0.25) is 4.79 Å². The van der Waals surface area contributed by atoms with Gasteiger partial charge in [-0.1, -0.05) is 26.0 Å². The van der Waals surface area contributed by atoms with Crippen molar-refractivity contribution in [3.63, 3.8) is 0 Å². The van der Waals surface area contributed by atoms with Gasteiger partial charge in [-0.15, -0.1) is 0 Å². The molecule has 0 spiro atoms. The van der Waals surface area contributed by atoms with E-state index < -0.39 is 0 Å². The fraction of sp³-hybridized carbons (Fsp3) is 0.381. The first-order valence-corrected chi connectivity index (χ1v) is 8.75. The van der Waals surface area contributed by atoms with E-state index >= 15 is 0 Å². The van der Waals surface area contributed by atoms with Gasteiger partial charge < -0.3 is 14.8 Å². The minimum Gasteiger partial charge on any atom is -0.494 e. The summed E-state index contributed by atoms with van der Waals surface area (Å²) in [5.41, 5.74) is 1.27. The van der Waals surface area contributed by atoms with Crippen molar-refractivity contribution in [2.75, 3.05) is 11.9 Å². The Morgan fingerprint density at radius 3 is 2.44 bits per heavy atom. The average Bonchev–Trinajstić information content (AvgIpc) is 2.54. The lowest BCUT2D eigenvalue weighted by Crippen LogP contribution is -2.13. The van der Waals surface area contributed by atoms with Crippen molar-refractivity contribution in [3.05, 3.63) is 54.1 Å². The molecule has 1 N–H and O–H groups in total. The zero-order valence-electron chi connectivity index (χ0n) is 15.4. The number of nitrogens with one attached hydrogen (secondary N) is 1. The summed E-state index contributed by atoms with van der Waals surface area (Å²) in [6.07, 6.45) is 1.07. The fourth-order valence-corrected chi connectivity index (χ4v) is 2.26. The minimum absolute atomic E-state index is 0.0676. The molecule has 4 heteroatoms. The molecule has 0 aromatic heterocycles. The highest BCUT2D eigenvalue weighted by atomic mass is 16.5. The van der Waals surface area contributed by atoms with Crippen LogP contribution in [-0.4, -0.2) is 18.6 Å². The van der Waals surface area contributed by atoms with Crippen molar-refractivity contribution in [1.82, 2.24) is 0 Å². The van der Waals surface area contributed by atoms with Crippen LogP contribution >= 0.6 is 0 Å². The van der Waals surface area contributed by atoms with Crippen LogP contribution in [0.1, 0.15) is 44.5 Å². The summed E-state index contributed by atoms with van der Waals surface area (Å²) in [6, 6.07) is 14.6. The van der Waals surface area contributed by atoms with Crippen LogP contribution in [-0.2, 0) is 0 Å². The van der Waals surface area contributed by atoms with Gasteiger partial charge in [0, 0.05) is 17.3 Å². The van der Waals surface area contributed by atoms with Crippen molar-refractivity contribution >= 4 is 11.6 Å². The Kier molecular flexibility index (Phi) is 6.87. The molecule has 1 amide bonds. The molecule has 2 aromatic carbocycles. The van der Waals surface area contributed by atoms with Crippen molar-refractivity contribution in [3.8, 4) is 11.5 Å². The Morgan fingerprint density at radius 2 is 1.72 bits per heavy atom. The molecule has 0 radical (unpaired) electrons. The van der Waals surface area contributed by atoms with E-state index in [-0.39, 0.29) is 12.0 Å². The smallest absolute Gasteiger partial charge is 0.255 e. The van der Waals surface area contributed by atoms with Crippen molar-refractivity contribution in [2.24, 2.45) is 5.92 Å². The van der Waals surface area contributed by atoms with E-state index in [1.54, 1.807) is 12.1 Å². The predicted octanol–water partition coefficient (Wildman–Crippen LogP) is 5.15. The maximum atomic E-state index is 12.5. The molecule has 0 aliphatic rings. The van der Waals surface area contributed by atoms with Crippen LogP contribution in [0.25, 0.3) is 0 Å². The summed E-state index contributed by atoms with van der Waals surface area (Å²) < 4.78 is 11.4. The highest BCUT2D eigenvalue weighted by molar-refractivity contribution is 6.04. The third-order valence-corrected chi connectivity index (χ3v) is 3.52. The van der Waals surface area contributed by atoms with Gasteiger partial charge in [0.1, 0.15) is 11.5 Å². The Morgan fingerprint density at radius 1 is 1.00 bits per heavy atom. The molecular weight excluding hydrogens is 314 g/mol. The van der Waals surface area contributed by atoms with Crippen LogP contribution in [0.4, 0.5) is 5.69 Å². The standard InChI is InChI=1S/C21H27NO3/c1-15(2)11-12-24-19-9-6-8-18(14-19)22-21(23)17-7-5-10-20(13-17)25-16(3)4/h5-10,13-16H,11-12H2,1-4H3,(H,22,23). The SMILES string of the molecule is CC(C)CCOc1cccc(NC(=O)c2cccc(OC(C)C)c2)c1. The second kappa shape index (κ2) is 9.11. The van der Waals surface area contributed by atoms with Crippen LogP contribution in [0.2, 0.25) is 0 Å². The summed E-state index contributed by atoms with van der Waals surface area (Å²) in [5.74, 6) is 1.88. The second-order valence-corrected chi connectivity index (χ2v) is 6.71. The zero-order chi connectivity index (χ0) is 18.2. The molecule has 0 fully saturated rings. The highest BCUT2D eigenvalue weighted by Crippen LogP contribution is 2.20. The van der Waals surface area contributed by atoms with Crippen molar-refractivity contribution in [1.29, 1.82) is 0 Å². The number of rotatable bonds is 8. The van der Waals surface area contributed by atoms with Crippen LogP contribution in [0.5, 0.6) is 11.5 Å². The molecule has 2 aromatic rings. The zero-order valence-corrected chi connectivity index (χ0v) is 15.4. The lowest BCUT2D eigenvalue weighted by atomic mass is 10.1. The molecule has 25 heavy (non-hydrogen) atoms. The van der Waals surface area contributed by atoms with Crippen LogP contribution in [0.3, 0.4) is 0 Å². The van der Waals surface area contributed by atoms with Gasteiger partial charge in [-0.2, -0.15) is 0 Å². The largest absolute Gasteiger partial charge is 0.494 e. The Hall–Kier alpha value is -2.49. The maximum Gasteiger partial charge on any atom is 0.255 e. The summed E-state index contributed by atoms with van der Waals surface area (Å²) in [7, 11) is 0. The molecule has 0 bridgehead atoms. The van der Waals surface area contributed by atoms with Gasteiger partial charge in [-0.25, -0.2) is 0 Å². The van der Waals surface area contributed by atoms with Crippen molar-refractivity contribution < 1.29 is 14.3 Å². The quantitative estimate of drug-likeness (QED) is 0.722. The second-order valence-electron chi connectivity index (χ2n) is 6.71. The lowest BCUT2D eigenvalue weighted by molar-refractivity contribution is 0.102. The molecule has 0 saturated heterocycles. The minimum atomic E-state index is -0.173. The van der Waals surface area contributed by atoms with Gasteiger partial charge in [0.05, 0.1) is 12.7 Å². The van der Waals surface area contributed by atoms with Gasteiger partial charge in [-0.05, 0) is 56.5 Å². The molecule has 0 atom stereocenters. The monoisotopic (exact) mass is 341 g/mol. The van der Waals surface area contributed by atoms with Gasteiger partial charge in [0.25, 0.3) is 5.91 Å². The molecule has 0 heterocycles. The topological polar surface area (TPSA) is 47.6 Å². The van der Waals surface area contributed by atoms with E-state index in [0.29, 0.717) is 29.5 Å². The summed E-state index contributed by atoms with van der Waals surface area (Å²) in [4.78, 5) is 12.5. The normalized spacial score (nSPS) is 10.8. The molecule has 4 nitrogen and oxygen atoms in total. The summed E-state index contributed by atoms with van der Waals surface area (Å²) in [6.45, 7) is 8.91. The third-order valence-electron chi connectivity index (χ3n) is 3.52. The number of benzene rings is 2. The molecule has 2 rings (SSSR count). The van der Waals surface area contributed by atoms with E-state index in [1.807, 2.05) is 50.2 Å². The average molecular weight is 341 g/mol. The highest BCUT2D eigenvalue weighted by Gasteiger charge is 2.09. The van der Waals surface area contributed by atoms with Crippen LogP contribution in [0.15, 0.2) is 48.5 Å². The van der Waals surface area contributed by atoms with Gasteiger partial charge in [0.15, 0.2) is 0 Å². The Bertz CT molecular complexity index is 695. The predicted molar refractivity (Wildman–Crippen MR) is 102 cm³/mol. The molecule has 0 aliphatic heterocycles. The first-order chi connectivity index (χ1) is 11.9. The van der Waals surface area contributed by atoms with Crippen LogP contribution in [0, 0.1) is 5.92 Å². The summed E-state index contributed by atoms with van der Waals surface area (Å²) >= 11 is 0.